The van der Waals surface area contributed by atoms with Crippen LogP contribution in [0.4, 0.5) is 5.69 Å². The van der Waals surface area contributed by atoms with E-state index < -0.39 is 4.92 Å². The van der Waals surface area contributed by atoms with E-state index in [9.17, 15) is 14.9 Å². The smallest absolute Gasteiger partial charge is 0.311 e. The van der Waals surface area contributed by atoms with E-state index in [1.807, 2.05) is 0 Å². The van der Waals surface area contributed by atoms with Gasteiger partial charge in [-0.3, -0.25) is 19.5 Å². The van der Waals surface area contributed by atoms with E-state index in [4.69, 9.17) is 4.74 Å². The molecule has 0 fully saturated rings. The molecule has 1 aromatic heterocycles. The Kier molecular flexibility index (Phi) is 4.37. The van der Waals surface area contributed by atoms with Crippen molar-refractivity contribution in [1.82, 2.24) is 9.55 Å². The summed E-state index contributed by atoms with van der Waals surface area (Å²) in [4.78, 5) is 26.6. The van der Waals surface area contributed by atoms with E-state index in [0.717, 1.165) is 0 Å². The second-order valence-corrected chi connectivity index (χ2v) is 5.16. The molecule has 0 aliphatic heterocycles. The van der Waals surface area contributed by atoms with Crippen LogP contribution in [0.25, 0.3) is 0 Å². The normalized spacial score (nSPS) is 10.4. The van der Waals surface area contributed by atoms with Crippen LogP contribution in [0.2, 0.25) is 0 Å². The lowest BCUT2D eigenvalue weighted by Gasteiger charge is -2.10. The molecule has 1 aromatic carbocycles. The standard InChI is InChI=1S/C13H12BrN3O4/c1-8-15-6-10(14)13(18)16(8)7-9-3-4-12(21-2)11(5-9)17(19)20/h3-6H,7H2,1-2H3. The summed E-state index contributed by atoms with van der Waals surface area (Å²) in [5.74, 6) is 0.710. The molecule has 0 aliphatic rings. The summed E-state index contributed by atoms with van der Waals surface area (Å²) < 4.78 is 6.73. The van der Waals surface area contributed by atoms with Crippen molar-refractivity contribution in [2.45, 2.75) is 13.5 Å². The topological polar surface area (TPSA) is 87.3 Å². The minimum Gasteiger partial charge on any atom is -0.490 e. The number of halogens is 1. The van der Waals surface area contributed by atoms with Gasteiger partial charge in [0, 0.05) is 12.3 Å². The van der Waals surface area contributed by atoms with Gasteiger partial charge in [0.1, 0.15) is 10.3 Å². The zero-order valence-electron chi connectivity index (χ0n) is 11.4. The van der Waals surface area contributed by atoms with Crippen LogP contribution in [-0.4, -0.2) is 21.6 Å². The largest absolute Gasteiger partial charge is 0.490 e. The van der Waals surface area contributed by atoms with E-state index in [1.165, 1.54) is 30.0 Å². The fourth-order valence-corrected chi connectivity index (χ4v) is 2.21. The predicted molar refractivity (Wildman–Crippen MR) is 79.7 cm³/mol. The average Bonchev–Trinajstić information content (AvgIpc) is 2.47. The molecule has 21 heavy (non-hydrogen) atoms. The van der Waals surface area contributed by atoms with Gasteiger partial charge in [-0.25, -0.2) is 4.98 Å². The van der Waals surface area contributed by atoms with E-state index in [1.54, 1.807) is 13.0 Å². The monoisotopic (exact) mass is 353 g/mol. The van der Waals surface area contributed by atoms with Gasteiger partial charge in [0.15, 0.2) is 5.75 Å². The second kappa shape index (κ2) is 6.04. The number of benzene rings is 1. The van der Waals surface area contributed by atoms with Crippen molar-refractivity contribution in [3.05, 3.63) is 60.7 Å². The summed E-state index contributed by atoms with van der Waals surface area (Å²) in [6.07, 6.45) is 1.44. The summed E-state index contributed by atoms with van der Waals surface area (Å²) in [5, 5.41) is 11.0. The number of methoxy groups -OCH3 is 1. The fraction of sp³-hybridized carbons (Fsp3) is 0.231. The van der Waals surface area contributed by atoms with Gasteiger partial charge < -0.3 is 4.74 Å². The van der Waals surface area contributed by atoms with Gasteiger partial charge in [0.25, 0.3) is 5.56 Å². The molecular weight excluding hydrogens is 342 g/mol. The van der Waals surface area contributed by atoms with Crippen molar-refractivity contribution in [2.75, 3.05) is 7.11 Å². The molecule has 0 bridgehead atoms. The Bertz CT molecular complexity index is 758. The van der Waals surface area contributed by atoms with Crippen LogP contribution >= 0.6 is 15.9 Å². The zero-order valence-corrected chi connectivity index (χ0v) is 13.0. The summed E-state index contributed by atoms with van der Waals surface area (Å²) in [7, 11) is 1.37. The van der Waals surface area contributed by atoms with Crippen LogP contribution in [0.1, 0.15) is 11.4 Å². The van der Waals surface area contributed by atoms with Gasteiger partial charge in [-0.2, -0.15) is 0 Å². The lowest BCUT2D eigenvalue weighted by Crippen LogP contribution is -2.24. The maximum atomic E-state index is 12.1. The Morgan fingerprint density at radius 2 is 2.19 bits per heavy atom. The molecular formula is C13H12BrN3O4. The molecule has 0 unspecified atom stereocenters. The fourth-order valence-electron chi connectivity index (χ4n) is 1.90. The number of nitro groups is 1. The molecule has 0 aliphatic carbocycles. The lowest BCUT2D eigenvalue weighted by atomic mass is 10.2. The number of nitrogens with zero attached hydrogens (tertiary/aromatic N) is 3. The number of aryl methyl sites for hydroxylation is 1. The number of rotatable bonds is 4. The average molecular weight is 354 g/mol. The Hall–Kier alpha value is -2.22. The highest BCUT2D eigenvalue weighted by Gasteiger charge is 2.16. The van der Waals surface area contributed by atoms with Gasteiger partial charge in [0.05, 0.1) is 18.6 Å². The molecule has 110 valence electrons. The molecule has 0 radical (unpaired) electrons. The van der Waals surface area contributed by atoms with Crippen molar-refractivity contribution in [3.8, 4) is 5.75 Å². The quantitative estimate of drug-likeness (QED) is 0.621. The third-order valence-electron chi connectivity index (χ3n) is 2.99. The Morgan fingerprint density at radius 1 is 1.48 bits per heavy atom. The second-order valence-electron chi connectivity index (χ2n) is 4.31. The molecule has 8 heteroatoms. The van der Waals surface area contributed by atoms with Crippen molar-refractivity contribution in [1.29, 1.82) is 0 Å². The van der Waals surface area contributed by atoms with Crippen LogP contribution in [-0.2, 0) is 6.54 Å². The van der Waals surface area contributed by atoms with Crippen LogP contribution in [0.3, 0.4) is 0 Å². The maximum Gasteiger partial charge on any atom is 0.311 e. The van der Waals surface area contributed by atoms with Gasteiger partial charge >= 0.3 is 5.69 Å². The Morgan fingerprint density at radius 3 is 2.81 bits per heavy atom. The van der Waals surface area contributed by atoms with Crippen LogP contribution in [0.15, 0.2) is 33.7 Å². The Labute approximate surface area is 128 Å². The number of aromatic nitrogens is 2. The van der Waals surface area contributed by atoms with E-state index >= 15 is 0 Å². The Balaban J connectivity index is 2.46. The minimum atomic E-state index is -0.517. The lowest BCUT2D eigenvalue weighted by molar-refractivity contribution is -0.385. The SMILES string of the molecule is COc1ccc(Cn2c(C)ncc(Br)c2=O)cc1[N+](=O)[O-]. The van der Waals surface area contributed by atoms with Gasteiger partial charge in [-0.05, 0) is 34.5 Å². The summed E-state index contributed by atoms with van der Waals surface area (Å²) in [5.41, 5.74) is 0.247. The number of hydrogen-bond donors (Lipinski definition) is 0. The highest BCUT2D eigenvalue weighted by atomic mass is 79.9. The summed E-state index contributed by atoms with van der Waals surface area (Å²) in [6.45, 7) is 1.90. The molecule has 0 spiro atoms. The highest BCUT2D eigenvalue weighted by molar-refractivity contribution is 9.10. The first-order valence-electron chi connectivity index (χ1n) is 5.97. The molecule has 2 rings (SSSR count). The van der Waals surface area contributed by atoms with E-state index in [-0.39, 0.29) is 23.5 Å². The van der Waals surface area contributed by atoms with Gasteiger partial charge in [-0.15, -0.1) is 0 Å². The van der Waals surface area contributed by atoms with Crippen LogP contribution in [0, 0.1) is 17.0 Å². The molecule has 0 atom stereocenters. The predicted octanol–water partition coefficient (Wildman–Crippen LogP) is 2.28. The van der Waals surface area contributed by atoms with Crippen molar-refractivity contribution in [3.63, 3.8) is 0 Å². The first kappa shape index (κ1) is 15.2. The van der Waals surface area contributed by atoms with E-state index in [0.29, 0.717) is 15.9 Å². The summed E-state index contributed by atoms with van der Waals surface area (Å²) >= 11 is 3.13. The van der Waals surface area contributed by atoms with Crippen molar-refractivity contribution < 1.29 is 9.66 Å². The third kappa shape index (κ3) is 3.10. The third-order valence-corrected chi connectivity index (χ3v) is 3.53. The van der Waals surface area contributed by atoms with Gasteiger partial charge in [0.2, 0.25) is 0 Å². The van der Waals surface area contributed by atoms with Crippen molar-refractivity contribution >= 4 is 21.6 Å². The molecule has 2 aromatic rings. The molecule has 0 saturated carbocycles. The molecule has 7 nitrogen and oxygen atoms in total. The molecule has 1 heterocycles. The van der Waals surface area contributed by atoms with Crippen LogP contribution in [0.5, 0.6) is 5.75 Å². The molecule has 0 saturated heterocycles. The zero-order chi connectivity index (χ0) is 15.6. The first-order chi connectivity index (χ1) is 9.93. The minimum absolute atomic E-state index is 0.136. The highest BCUT2D eigenvalue weighted by Crippen LogP contribution is 2.27. The van der Waals surface area contributed by atoms with Crippen molar-refractivity contribution in [2.24, 2.45) is 0 Å². The number of ether oxygens (including phenoxy) is 1. The number of nitro benzene ring substituents is 1. The molecule has 0 amide bonds. The maximum absolute atomic E-state index is 12.1. The number of hydrogen-bond acceptors (Lipinski definition) is 5. The van der Waals surface area contributed by atoms with Crippen LogP contribution < -0.4 is 10.3 Å². The molecule has 0 N–H and O–H groups in total. The summed E-state index contributed by atoms with van der Waals surface area (Å²) in [6, 6.07) is 4.59. The first-order valence-corrected chi connectivity index (χ1v) is 6.76. The van der Waals surface area contributed by atoms with E-state index in [2.05, 4.69) is 20.9 Å². The van der Waals surface area contributed by atoms with Gasteiger partial charge in [-0.1, -0.05) is 6.07 Å².